The van der Waals surface area contributed by atoms with Crippen molar-refractivity contribution >= 4 is 17.5 Å². The van der Waals surface area contributed by atoms with Gasteiger partial charge in [0.1, 0.15) is 0 Å². The molecule has 1 aliphatic rings. The first-order valence-corrected chi connectivity index (χ1v) is 10.4. The minimum Gasteiger partial charge on any atom is -0.335 e. The van der Waals surface area contributed by atoms with Crippen molar-refractivity contribution in [2.45, 2.75) is 26.3 Å². The summed E-state index contributed by atoms with van der Waals surface area (Å²) in [4.78, 5) is 34.1. The van der Waals surface area contributed by atoms with Gasteiger partial charge >= 0.3 is 0 Å². The van der Waals surface area contributed by atoms with E-state index in [-0.39, 0.29) is 11.8 Å². The van der Waals surface area contributed by atoms with Crippen LogP contribution < -0.4 is 4.90 Å². The lowest BCUT2D eigenvalue weighted by Gasteiger charge is -2.29. The quantitative estimate of drug-likeness (QED) is 0.641. The second-order valence-corrected chi connectivity index (χ2v) is 7.46. The fraction of sp³-hybridized carbons (Fsp3) is 0.240. The number of amides is 2. The van der Waals surface area contributed by atoms with Gasteiger partial charge in [-0.1, -0.05) is 48.5 Å². The second kappa shape index (κ2) is 8.91. The number of para-hydroxylation sites is 1. The van der Waals surface area contributed by atoms with Crippen molar-refractivity contribution in [1.82, 2.24) is 9.88 Å². The van der Waals surface area contributed by atoms with E-state index in [0.717, 1.165) is 24.1 Å². The number of anilines is 1. The summed E-state index contributed by atoms with van der Waals surface area (Å²) in [7, 11) is 0. The first-order valence-electron chi connectivity index (χ1n) is 10.4. The van der Waals surface area contributed by atoms with Crippen molar-refractivity contribution in [3.63, 3.8) is 0 Å². The lowest BCUT2D eigenvalue weighted by Crippen LogP contribution is -2.36. The van der Waals surface area contributed by atoms with Crippen molar-refractivity contribution in [3.05, 3.63) is 95.3 Å². The van der Waals surface area contributed by atoms with Gasteiger partial charge in [0.05, 0.1) is 11.1 Å². The van der Waals surface area contributed by atoms with E-state index < -0.39 is 0 Å². The molecule has 4 rings (SSSR count). The molecule has 2 aromatic carbocycles. The van der Waals surface area contributed by atoms with Crippen molar-refractivity contribution in [3.8, 4) is 0 Å². The van der Waals surface area contributed by atoms with Gasteiger partial charge in [0, 0.05) is 37.7 Å². The number of aromatic nitrogens is 1. The molecular weight excluding hydrogens is 374 g/mol. The van der Waals surface area contributed by atoms with E-state index in [9.17, 15) is 9.59 Å². The van der Waals surface area contributed by atoms with Gasteiger partial charge < -0.3 is 9.80 Å². The smallest absolute Gasteiger partial charge is 0.259 e. The molecule has 0 fully saturated rings. The van der Waals surface area contributed by atoms with Crippen LogP contribution in [-0.4, -0.2) is 34.8 Å². The molecule has 1 aliphatic heterocycles. The Kier molecular flexibility index (Phi) is 5.89. The van der Waals surface area contributed by atoms with E-state index in [1.54, 1.807) is 22.1 Å². The Morgan fingerprint density at radius 3 is 2.53 bits per heavy atom. The Balaban J connectivity index is 1.56. The van der Waals surface area contributed by atoms with E-state index in [0.29, 0.717) is 30.8 Å². The maximum atomic E-state index is 13.2. The number of benzene rings is 2. The topological polar surface area (TPSA) is 53.5 Å². The molecule has 0 N–H and O–H groups in total. The summed E-state index contributed by atoms with van der Waals surface area (Å²) in [5, 5.41) is 0. The first kappa shape index (κ1) is 19.8. The standard InChI is InChI=1S/C25H25N3O2/c1-2-27(18-19-9-4-3-5-10-19)24(29)21-15-22(17-26-16-21)25(30)28-14-8-12-20-11-6-7-13-23(20)28/h3-7,9-11,13,15-17H,2,8,12,14,18H2,1H3. The molecule has 0 saturated heterocycles. The van der Waals surface area contributed by atoms with Crippen molar-refractivity contribution in [1.29, 1.82) is 0 Å². The molecule has 5 heteroatoms. The summed E-state index contributed by atoms with van der Waals surface area (Å²) in [5.74, 6) is -0.238. The van der Waals surface area contributed by atoms with Crippen LogP contribution in [0.4, 0.5) is 5.69 Å². The van der Waals surface area contributed by atoms with Gasteiger partial charge in [0.25, 0.3) is 11.8 Å². The molecule has 0 radical (unpaired) electrons. The van der Waals surface area contributed by atoms with Crippen LogP contribution in [0, 0.1) is 0 Å². The predicted octanol–water partition coefficient (Wildman–Crippen LogP) is 4.34. The Labute approximate surface area is 177 Å². The largest absolute Gasteiger partial charge is 0.335 e. The molecule has 2 heterocycles. The van der Waals surface area contributed by atoms with E-state index >= 15 is 0 Å². The highest BCUT2D eigenvalue weighted by molar-refractivity contribution is 6.08. The Morgan fingerprint density at radius 1 is 1.00 bits per heavy atom. The number of hydrogen-bond acceptors (Lipinski definition) is 3. The molecule has 0 unspecified atom stereocenters. The highest BCUT2D eigenvalue weighted by atomic mass is 16.2. The summed E-state index contributed by atoms with van der Waals surface area (Å²) in [6.45, 7) is 3.72. The van der Waals surface area contributed by atoms with Crippen molar-refractivity contribution in [2.75, 3.05) is 18.0 Å². The van der Waals surface area contributed by atoms with Crippen LogP contribution in [0.5, 0.6) is 0 Å². The third-order valence-corrected chi connectivity index (χ3v) is 5.47. The van der Waals surface area contributed by atoms with Gasteiger partial charge in [-0.25, -0.2) is 0 Å². The van der Waals surface area contributed by atoms with Crippen LogP contribution in [0.3, 0.4) is 0 Å². The minimum atomic E-state index is -0.123. The molecule has 0 saturated carbocycles. The zero-order chi connectivity index (χ0) is 20.9. The average molecular weight is 399 g/mol. The molecule has 152 valence electrons. The van der Waals surface area contributed by atoms with E-state index in [1.807, 2.05) is 55.5 Å². The van der Waals surface area contributed by atoms with Gasteiger partial charge in [-0.05, 0) is 43.0 Å². The summed E-state index contributed by atoms with van der Waals surface area (Å²) in [6, 6.07) is 19.6. The summed E-state index contributed by atoms with van der Waals surface area (Å²) < 4.78 is 0. The SMILES string of the molecule is CCN(Cc1ccccc1)C(=O)c1cncc(C(=O)N2CCCc3ccccc32)c1. The second-order valence-electron chi connectivity index (χ2n) is 7.46. The summed E-state index contributed by atoms with van der Waals surface area (Å²) >= 11 is 0. The van der Waals surface area contributed by atoms with Crippen LogP contribution in [0.25, 0.3) is 0 Å². The minimum absolute atomic E-state index is 0.115. The Hall–Kier alpha value is -3.47. The summed E-state index contributed by atoms with van der Waals surface area (Å²) in [5.41, 5.74) is 4.07. The van der Waals surface area contributed by atoms with Crippen molar-refractivity contribution < 1.29 is 9.59 Å². The maximum Gasteiger partial charge on any atom is 0.259 e. The van der Waals surface area contributed by atoms with Crippen LogP contribution in [0.1, 0.15) is 45.2 Å². The van der Waals surface area contributed by atoms with Gasteiger partial charge in [-0.15, -0.1) is 0 Å². The van der Waals surface area contributed by atoms with E-state index in [4.69, 9.17) is 0 Å². The number of carbonyl (C=O) groups is 2. The molecule has 0 aliphatic carbocycles. The maximum absolute atomic E-state index is 13.2. The Bertz CT molecular complexity index is 1050. The van der Waals surface area contributed by atoms with Gasteiger partial charge in [-0.2, -0.15) is 0 Å². The predicted molar refractivity (Wildman–Crippen MR) is 118 cm³/mol. The number of aryl methyl sites for hydroxylation is 1. The zero-order valence-electron chi connectivity index (χ0n) is 17.1. The van der Waals surface area contributed by atoms with E-state index in [1.165, 1.54) is 11.8 Å². The Morgan fingerprint density at radius 2 is 1.73 bits per heavy atom. The van der Waals surface area contributed by atoms with Gasteiger partial charge in [0.15, 0.2) is 0 Å². The van der Waals surface area contributed by atoms with Crippen LogP contribution in [0.2, 0.25) is 0 Å². The molecular formula is C25H25N3O2. The van der Waals surface area contributed by atoms with Crippen molar-refractivity contribution in [2.24, 2.45) is 0 Å². The molecule has 1 aromatic heterocycles. The third-order valence-electron chi connectivity index (χ3n) is 5.47. The number of nitrogens with zero attached hydrogens (tertiary/aromatic N) is 3. The molecule has 0 bridgehead atoms. The van der Waals surface area contributed by atoms with Crippen LogP contribution in [0.15, 0.2) is 73.1 Å². The normalized spacial score (nSPS) is 12.9. The molecule has 2 amide bonds. The number of rotatable bonds is 5. The molecule has 3 aromatic rings. The van der Waals surface area contributed by atoms with Gasteiger partial charge in [0.2, 0.25) is 0 Å². The lowest BCUT2D eigenvalue weighted by molar-refractivity contribution is 0.0752. The number of carbonyl (C=O) groups excluding carboxylic acids is 2. The van der Waals surface area contributed by atoms with Crippen LogP contribution in [-0.2, 0) is 13.0 Å². The third kappa shape index (κ3) is 4.10. The monoisotopic (exact) mass is 399 g/mol. The number of fused-ring (bicyclic) bond motifs is 1. The fourth-order valence-corrected chi connectivity index (χ4v) is 3.89. The highest BCUT2D eigenvalue weighted by Gasteiger charge is 2.24. The number of pyridine rings is 1. The summed E-state index contributed by atoms with van der Waals surface area (Å²) in [6.07, 6.45) is 4.98. The molecule has 5 nitrogen and oxygen atoms in total. The van der Waals surface area contributed by atoms with Gasteiger partial charge in [-0.3, -0.25) is 14.6 Å². The zero-order valence-corrected chi connectivity index (χ0v) is 17.1. The van der Waals surface area contributed by atoms with Crippen LogP contribution >= 0.6 is 0 Å². The van der Waals surface area contributed by atoms with E-state index in [2.05, 4.69) is 11.1 Å². The molecule has 30 heavy (non-hydrogen) atoms. The fourth-order valence-electron chi connectivity index (χ4n) is 3.89. The highest BCUT2D eigenvalue weighted by Crippen LogP contribution is 2.28. The first-order chi connectivity index (χ1) is 14.7. The molecule has 0 atom stereocenters. The number of hydrogen-bond donors (Lipinski definition) is 0. The molecule has 0 spiro atoms. The lowest BCUT2D eigenvalue weighted by atomic mass is 10.0. The average Bonchev–Trinajstić information content (AvgIpc) is 2.82.